The summed E-state index contributed by atoms with van der Waals surface area (Å²) in [6.45, 7) is 7.31. The van der Waals surface area contributed by atoms with Crippen molar-refractivity contribution < 1.29 is 4.74 Å². The molecule has 3 heteroatoms. The number of hydrogen-bond donors (Lipinski definition) is 0. The Hall–Kier alpha value is -2.13. The summed E-state index contributed by atoms with van der Waals surface area (Å²) in [6.07, 6.45) is 6.18. The van der Waals surface area contributed by atoms with Gasteiger partial charge in [-0.2, -0.15) is 0 Å². The van der Waals surface area contributed by atoms with Gasteiger partial charge in [-0.05, 0) is 24.1 Å². The van der Waals surface area contributed by atoms with Crippen LogP contribution in [0.5, 0.6) is 5.75 Å². The van der Waals surface area contributed by atoms with E-state index in [9.17, 15) is 0 Å². The Morgan fingerprint density at radius 1 is 1.13 bits per heavy atom. The maximum absolute atomic E-state index is 5.39. The molecule has 0 N–H and O–H groups in total. The standard InChI is InChI=1S/C20H26N2O/c1-17(2)15-22(16-19-11-6-7-13-21-19)14-8-10-18-9-4-5-12-20(18)23-3/h4-13,17H,14-16H2,1-3H3/b10-8+. The third kappa shape index (κ3) is 5.87. The minimum Gasteiger partial charge on any atom is -0.496 e. The van der Waals surface area contributed by atoms with Crippen molar-refractivity contribution in [2.75, 3.05) is 20.2 Å². The number of methoxy groups -OCH3 is 1. The summed E-state index contributed by atoms with van der Waals surface area (Å²) in [4.78, 5) is 6.85. The Kier molecular flexibility index (Phi) is 6.82. The third-order valence-electron chi connectivity index (χ3n) is 3.54. The van der Waals surface area contributed by atoms with Crippen LogP contribution in [0.2, 0.25) is 0 Å². The fourth-order valence-electron chi connectivity index (χ4n) is 2.57. The molecule has 0 saturated heterocycles. The molecule has 3 nitrogen and oxygen atoms in total. The van der Waals surface area contributed by atoms with Crippen molar-refractivity contribution in [3.8, 4) is 5.75 Å². The van der Waals surface area contributed by atoms with E-state index in [0.29, 0.717) is 5.92 Å². The largest absolute Gasteiger partial charge is 0.496 e. The number of benzene rings is 1. The van der Waals surface area contributed by atoms with Crippen LogP contribution in [-0.2, 0) is 6.54 Å². The molecule has 1 heterocycles. The van der Waals surface area contributed by atoms with Crippen LogP contribution in [-0.4, -0.2) is 30.1 Å². The van der Waals surface area contributed by atoms with Gasteiger partial charge in [0.1, 0.15) is 5.75 Å². The highest BCUT2D eigenvalue weighted by atomic mass is 16.5. The van der Waals surface area contributed by atoms with Gasteiger partial charge in [0, 0.05) is 31.4 Å². The van der Waals surface area contributed by atoms with Crippen molar-refractivity contribution in [1.82, 2.24) is 9.88 Å². The first kappa shape index (κ1) is 17.2. The monoisotopic (exact) mass is 310 g/mol. The van der Waals surface area contributed by atoms with Crippen LogP contribution in [0.25, 0.3) is 6.08 Å². The molecule has 0 aliphatic heterocycles. The highest BCUT2D eigenvalue weighted by molar-refractivity contribution is 5.57. The number of pyridine rings is 1. The fraction of sp³-hybridized carbons (Fsp3) is 0.350. The SMILES string of the molecule is COc1ccccc1/C=C/CN(Cc1ccccn1)CC(C)C. The molecule has 1 aromatic carbocycles. The van der Waals surface area contributed by atoms with E-state index in [1.807, 2.05) is 36.5 Å². The lowest BCUT2D eigenvalue weighted by atomic mass is 10.1. The molecule has 0 radical (unpaired) electrons. The second-order valence-electron chi connectivity index (χ2n) is 6.05. The first-order chi connectivity index (χ1) is 11.2. The normalized spacial score (nSPS) is 11.5. The molecular weight excluding hydrogens is 284 g/mol. The van der Waals surface area contributed by atoms with Crippen LogP contribution in [0, 0.1) is 5.92 Å². The van der Waals surface area contributed by atoms with Gasteiger partial charge < -0.3 is 4.74 Å². The average molecular weight is 310 g/mol. The molecule has 0 saturated carbocycles. The maximum Gasteiger partial charge on any atom is 0.126 e. The van der Waals surface area contributed by atoms with E-state index < -0.39 is 0 Å². The Labute approximate surface area is 139 Å². The highest BCUT2D eigenvalue weighted by Gasteiger charge is 2.07. The van der Waals surface area contributed by atoms with E-state index in [1.165, 1.54) is 0 Å². The molecule has 0 atom stereocenters. The molecule has 0 fully saturated rings. The van der Waals surface area contributed by atoms with E-state index in [-0.39, 0.29) is 0 Å². The maximum atomic E-state index is 5.39. The molecule has 122 valence electrons. The van der Waals surface area contributed by atoms with Crippen LogP contribution in [0.3, 0.4) is 0 Å². The van der Waals surface area contributed by atoms with Gasteiger partial charge in [-0.1, -0.05) is 50.3 Å². The first-order valence-corrected chi connectivity index (χ1v) is 8.11. The van der Waals surface area contributed by atoms with Gasteiger partial charge in [-0.15, -0.1) is 0 Å². The van der Waals surface area contributed by atoms with Crippen LogP contribution in [0.15, 0.2) is 54.7 Å². The number of aromatic nitrogens is 1. The summed E-state index contributed by atoms with van der Waals surface area (Å²) in [6, 6.07) is 14.2. The van der Waals surface area contributed by atoms with E-state index in [4.69, 9.17) is 4.74 Å². The predicted octanol–water partition coefficient (Wildman–Crippen LogP) is 4.26. The lowest BCUT2D eigenvalue weighted by molar-refractivity contribution is 0.258. The molecule has 0 amide bonds. The number of para-hydroxylation sites is 1. The average Bonchev–Trinajstić information content (AvgIpc) is 2.55. The molecule has 0 spiro atoms. The third-order valence-corrected chi connectivity index (χ3v) is 3.54. The lowest BCUT2D eigenvalue weighted by Crippen LogP contribution is -2.27. The first-order valence-electron chi connectivity index (χ1n) is 8.11. The molecule has 0 unspecified atom stereocenters. The summed E-state index contributed by atoms with van der Waals surface area (Å²) in [5, 5.41) is 0. The van der Waals surface area contributed by atoms with Crippen LogP contribution < -0.4 is 4.74 Å². The number of hydrogen-bond acceptors (Lipinski definition) is 3. The van der Waals surface area contributed by atoms with Gasteiger partial charge in [0.05, 0.1) is 12.8 Å². The molecule has 2 aromatic rings. The molecule has 1 aromatic heterocycles. The summed E-state index contributed by atoms with van der Waals surface area (Å²) in [5.41, 5.74) is 2.22. The molecule has 2 rings (SSSR count). The van der Waals surface area contributed by atoms with Gasteiger partial charge in [0.2, 0.25) is 0 Å². The minimum absolute atomic E-state index is 0.623. The Morgan fingerprint density at radius 2 is 1.91 bits per heavy atom. The topological polar surface area (TPSA) is 25.4 Å². The number of ether oxygens (including phenoxy) is 1. The van der Waals surface area contributed by atoms with Gasteiger partial charge in [0.15, 0.2) is 0 Å². The Balaban J connectivity index is 2.01. The van der Waals surface area contributed by atoms with Crippen LogP contribution in [0.1, 0.15) is 25.1 Å². The molecule has 0 aliphatic carbocycles. The summed E-state index contributed by atoms with van der Waals surface area (Å²) in [7, 11) is 1.71. The van der Waals surface area contributed by atoms with Gasteiger partial charge in [-0.3, -0.25) is 9.88 Å². The van der Waals surface area contributed by atoms with Crippen LogP contribution in [0.4, 0.5) is 0 Å². The van der Waals surface area contributed by atoms with Gasteiger partial charge in [-0.25, -0.2) is 0 Å². The quantitative estimate of drug-likeness (QED) is 0.728. The molecule has 0 aliphatic rings. The zero-order valence-corrected chi connectivity index (χ0v) is 14.3. The smallest absolute Gasteiger partial charge is 0.126 e. The van der Waals surface area contributed by atoms with Gasteiger partial charge in [0.25, 0.3) is 0 Å². The number of nitrogens with zero attached hydrogens (tertiary/aromatic N) is 2. The lowest BCUT2D eigenvalue weighted by Gasteiger charge is -2.22. The van der Waals surface area contributed by atoms with Crippen molar-refractivity contribution in [2.45, 2.75) is 20.4 Å². The Morgan fingerprint density at radius 3 is 2.61 bits per heavy atom. The summed E-state index contributed by atoms with van der Waals surface area (Å²) in [5.74, 6) is 1.53. The Bertz CT molecular complexity index is 608. The van der Waals surface area contributed by atoms with Crippen molar-refractivity contribution in [1.29, 1.82) is 0 Å². The van der Waals surface area contributed by atoms with E-state index >= 15 is 0 Å². The van der Waals surface area contributed by atoms with Gasteiger partial charge >= 0.3 is 0 Å². The van der Waals surface area contributed by atoms with E-state index in [2.05, 4.69) is 48.0 Å². The van der Waals surface area contributed by atoms with E-state index in [0.717, 1.165) is 36.6 Å². The zero-order chi connectivity index (χ0) is 16.5. The highest BCUT2D eigenvalue weighted by Crippen LogP contribution is 2.18. The summed E-state index contributed by atoms with van der Waals surface area (Å²) >= 11 is 0. The van der Waals surface area contributed by atoms with E-state index in [1.54, 1.807) is 7.11 Å². The van der Waals surface area contributed by atoms with Crippen molar-refractivity contribution in [2.24, 2.45) is 5.92 Å². The second-order valence-corrected chi connectivity index (χ2v) is 6.05. The molecule has 23 heavy (non-hydrogen) atoms. The zero-order valence-electron chi connectivity index (χ0n) is 14.3. The molecular formula is C20H26N2O. The second kappa shape index (κ2) is 9.11. The molecule has 0 bridgehead atoms. The van der Waals surface area contributed by atoms with Crippen LogP contribution >= 0.6 is 0 Å². The van der Waals surface area contributed by atoms with Crippen molar-refractivity contribution in [3.63, 3.8) is 0 Å². The number of rotatable bonds is 8. The fourth-order valence-corrected chi connectivity index (χ4v) is 2.57. The predicted molar refractivity (Wildman–Crippen MR) is 96.4 cm³/mol. The van der Waals surface area contributed by atoms with Crippen molar-refractivity contribution >= 4 is 6.08 Å². The minimum atomic E-state index is 0.623. The van der Waals surface area contributed by atoms with Crippen molar-refractivity contribution in [3.05, 3.63) is 66.0 Å². The summed E-state index contributed by atoms with van der Waals surface area (Å²) < 4.78 is 5.39.